The number of nitrogens with zero attached hydrogens (tertiary/aromatic N) is 1. The van der Waals surface area contributed by atoms with Gasteiger partial charge in [-0.15, -0.1) is 0 Å². The molecule has 0 bridgehead atoms. The van der Waals surface area contributed by atoms with Crippen molar-refractivity contribution in [3.05, 3.63) is 34.9 Å². The third-order valence-electron chi connectivity index (χ3n) is 4.37. The molecule has 0 saturated heterocycles. The van der Waals surface area contributed by atoms with Gasteiger partial charge in [-0.1, -0.05) is 17.3 Å². The van der Waals surface area contributed by atoms with Crippen LogP contribution in [0.25, 0.3) is 0 Å². The highest BCUT2D eigenvalue weighted by molar-refractivity contribution is 6.00. The summed E-state index contributed by atoms with van der Waals surface area (Å²) in [6.45, 7) is 2.33. The first-order valence-corrected chi connectivity index (χ1v) is 8.46. The molecule has 1 aromatic carbocycles. The summed E-state index contributed by atoms with van der Waals surface area (Å²) >= 11 is 0. The first kappa shape index (κ1) is 16.5. The predicted molar refractivity (Wildman–Crippen MR) is 89.0 cm³/mol. The van der Waals surface area contributed by atoms with Crippen molar-refractivity contribution in [1.82, 2.24) is 5.32 Å². The van der Waals surface area contributed by atoms with Crippen LogP contribution in [0.15, 0.2) is 23.4 Å². The maximum absolute atomic E-state index is 12.5. The number of nitrogens with one attached hydrogen (secondary N) is 1. The minimum atomic E-state index is -0.693. The average molecular weight is 330 g/mol. The zero-order chi connectivity index (χ0) is 16.9. The standard InChI is InChI=1S/C18H22N2O4/c1-2-23-18(22)16-10-13(20-24-16)11-19-17(21)15-9-5-7-12-6-3-4-8-14(12)15/h5,7,9,16H,2-4,6,8,10-11H2,1H3,(H,19,21). The second-order valence-electron chi connectivity index (χ2n) is 6.04. The van der Waals surface area contributed by atoms with Crippen LogP contribution in [-0.4, -0.2) is 36.8 Å². The molecule has 1 unspecified atom stereocenters. The lowest BCUT2D eigenvalue weighted by atomic mass is 9.88. The zero-order valence-corrected chi connectivity index (χ0v) is 13.8. The molecule has 0 saturated carbocycles. The summed E-state index contributed by atoms with van der Waals surface area (Å²) in [4.78, 5) is 29.2. The van der Waals surface area contributed by atoms with Crippen molar-refractivity contribution >= 4 is 17.6 Å². The summed E-state index contributed by atoms with van der Waals surface area (Å²) in [5, 5.41) is 6.76. The number of esters is 1. The third kappa shape index (κ3) is 3.58. The molecule has 0 spiro atoms. The van der Waals surface area contributed by atoms with Crippen molar-refractivity contribution in [2.24, 2.45) is 5.16 Å². The number of hydrogen-bond acceptors (Lipinski definition) is 5. The van der Waals surface area contributed by atoms with Crippen LogP contribution in [0.1, 0.15) is 47.7 Å². The van der Waals surface area contributed by atoms with Gasteiger partial charge in [0.2, 0.25) is 6.10 Å². The second kappa shape index (κ2) is 7.47. The molecule has 2 aliphatic rings. The van der Waals surface area contributed by atoms with Gasteiger partial charge in [-0.2, -0.15) is 0 Å². The summed E-state index contributed by atoms with van der Waals surface area (Å²) in [7, 11) is 0. The smallest absolute Gasteiger partial charge is 0.350 e. The minimum absolute atomic E-state index is 0.101. The SMILES string of the molecule is CCOC(=O)C1CC(CNC(=O)c2cccc3c2CCCC3)=NO1. The van der Waals surface area contributed by atoms with E-state index in [4.69, 9.17) is 9.57 Å². The lowest BCUT2D eigenvalue weighted by molar-refractivity contribution is -0.154. The Morgan fingerprint density at radius 3 is 3.00 bits per heavy atom. The van der Waals surface area contributed by atoms with E-state index in [-0.39, 0.29) is 12.5 Å². The van der Waals surface area contributed by atoms with Crippen LogP contribution in [0.3, 0.4) is 0 Å². The molecule has 1 heterocycles. The van der Waals surface area contributed by atoms with Gasteiger partial charge in [-0.05, 0) is 49.8 Å². The lowest BCUT2D eigenvalue weighted by Gasteiger charge is -2.18. The number of ether oxygens (including phenoxy) is 1. The van der Waals surface area contributed by atoms with Crippen molar-refractivity contribution in [3.8, 4) is 0 Å². The summed E-state index contributed by atoms with van der Waals surface area (Å²) in [6, 6.07) is 5.91. The fourth-order valence-electron chi connectivity index (χ4n) is 3.16. The Balaban J connectivity index is 1.56. The van der Waals surface area contributed by atoms with Crippen molar-refractivity contribution in [2.45, 2.75) is 45.1 Å². The molecule has 1 atom stereocenters. The first-order valence-electron chi connectivity index (χ1n) is 8.46. The van der Waals surface area contributed by atoms with E-state index < -0.39 is 12.1 Å². The van der Waals surface area contributed by atoms with Gasteiger partial charge in [0, 0.05) is 12.0 Å². The molecule has 0 fully saturated rings. The van der Waals surface area contributed by atoms with E-state index in [0.29, 0.717) is 18.7 Å². The Labute approximate surface area is 141 Å². The summed E-state index contributed by atoms with van der Waals surface area (Å²) in [6.07, 6.45) is 3.96. The monoisotopic (exact) mass is 330 g/mol. The normalized spacial score (nSPS) is 19.0. The number of benzene rings is 1. The number of fused-ring (bicyclic) bond motifs is 1. The molecule has 3 rings (SSSR count). The van der Waals surface area contributed by atoms with Gasteiger partial charge in [-0.3, -0.25) is 4.79 Å². The van der Waals surface area contributed by atoms with Gasteiger partial charge in [0.05, 0.1) is 18.9 Å². The van der Waals surface area contributed by atoms with E-state index in [2.05, 4.69) is 16.5 Å². The number of aryl methyl sites for hydroxylation is 1. The predicted octanol–water partition coefficient (Wildman–Crippen LogP) is 2.00. The van der Waals surface area contributed by atoms with Crippen LogP contribution in [0.2, 0.25) is 0 Å². The molecule has 1 aliphatic heterocycles. The van der Waals surface area contributed by atoms with E-state index >= 15 is 0 Å². The Bertz CT molecular complexity index is 669. The quantitative estimate of drug-likeness (QED) is 0.838. The summed E-state index contributed by atoms with van der Waals surface area (Å²) in [5.74, 6) is -0.518. The third-order valence-corrected chi connectivity index (χ3v) is 4.37. The highest BCUT2D eigenvalue weighted by Crippen LogP contribution is 2.24. The highest BCUT2D eigenvalue weighted by Gasteiger charge is 2.29. The molecule has 128 valence electrons. The van der Waals surface area contributed by atoms with Crippen molar-refractivity contribution < 1.29 is 19.2 Å². The molecule has 0 radical (unpaired) electrons. The lowest BCUT2D eigenvalue weighted by Crippen LogP contribution is -2.31. The number of amides is 1. The van der Waals surface area contributed by atoms with Crippen LogP contribution >= 0.6 is 0 Å². The van der Waals surface area contributed by atoms with E-state index in [9.17, 15) is 9.59 Å². The molecule has 1 aliphatic carbocycles. The van der Waals surface area contributed by atoms with Crippen LogP contribution in [0.4, 0.5) is 0 Å². The largest absolute Gasteiger partial charge is 0.463 e. The van der Waals surface area contributed by atoms with Crippen LogP contribution in [0, 0.1) is 0 Å². The molecule has 0 aromatic heterocycles. The fraction of sp³-hybridized carbons (Fsp3) is 0.500. The maximum atomic E-state index is 12.5. The van der Waals surface area contributed by atoms with E-state index in [0.717, 1.165) is 30.4 Å². The highest BCUT2D eigenvalue weighted by atomic mass is 16.7. The molecule has 1 aromatic rings. The van der Waals surface area contributed by atoms with E-state index in [1.54, 1.807) is 6.92 Å². The van der Waals surface area contributed by atoms with Crippen molar-refractivity contribution in [3.63, 3.8) is 0 Å². The first-order chi connectivity index (χ1) is 11.7. The van der Waals surface area contributed by atoms with Gasteiger partial charge < -0.3 is 14.9 Å². The van der Waals surface area contributed by atoms with Gasteiger partial charge in [-0.25, -0.2) is 4.79 Å². The number of hydrogen-bond donors (Lipinski definition) is 1. The van der Waals surface area contributed by atoms with Crippen LogP contribution < -0.4 is 5.32 Å². The molecule has 6 nitrogen and oxygen atoms in total. The van der Waals surface area contributed by atoms with Crippen molar-refractivity contribution in [2.75, 3.05) is 13.2 Å². The molecule has 6 heteroatoms. The van der Waals surface area contributed by atoms with Crippen molar-refractivity contribution in [1.29, 1.82) is 0 Å². The fourth-order valence-corrected chi connectivity index (χ4v) is 3.16. The molecular weight excluding hydrogens is 308 g/mol. The van der Waals surface area contributed by atoms with Crippen LogP contribution in [0.5, 0.6) is 0 Å². The second-order valence-corrected chi connectivity index (χ2v) is 6.04. The number of carbonyl (C=O) groups excluding carboxylic acids is 2. The van der Waals surface area contributed by atoms with Gasteiger partial charge in [0.25, 0.3) is 5.91 Å². The zero-order valence-electron chi connectivity index (χ0n) is 13.8. The minimum Gasteiger partial charge on any atom is -0.463 e. The van der Waals surface area contributed by atoms with Gasteiger partial charge in [0.1, 0.15) is 0 Å². The Morgan fingerprint density at radius 1 is 1.33 bits per heavy atom. The maximum Gasteiger partial charge on any atom is 0.350 e. The summed E-state index contributed by atoms with van der Waals surface area (Å²) < 4.78 is 4.91. The Morgan fingerprint density at radius 2 is 2.17 bits per heavy atom. The topological polar surface area (TPSA) is 77.0 Å². The van der Waals surface area contributed by atoms with Gasteiger partial charge >= 0.3 is 5.97 Å². The number of oxime groups is 1. The Hall–Kier alpha value is -2.37. The number of carbonyl (C=O) groups is 2. The summed E-state index contributed by atoms with van der Waals surface area (Å²) in [5.41, 5.74) is 3.83. The molecule has 1 amide bonds. The number of rotatable bonds is 5. The van der Waals surface area contributed by atoms with E-state index in [1.165, 1.54) is 12.0 Å². The van der Waals surface area contributed by atoms with Crippen LogP contribution in [-0.2, 0) is 27.2 Å². The van der Waals surface area contributed by atoms with E-state index in [1.807, 2.05) is 12.1 Å². The molecule has 24 heavy (non-hydrogen) atoms. The van der Waals surface area contributed by atoms with Gasteiger partial charge in [0.15, 0.2) is 0 Å². The molecule has 1 N–H and O–H groups in total. The average Bonchev–Trinajstić information content (AvgIpc) is 3.08. The Kier molecular flexibility index (Phi) is 5.13. The molecular formula is C18H22N2O4.